The van der Waals surface area contributed by atoms with E-state index >= 15 is 0 Å². The van der Waals surface area contributed by atoms with Crippen LogP contribution in [0.25, 0.3) is 0 Å². The van der Waals surface area contributed by atoms with Crippen LogP contribution >= 0.6 is 0 Å². The maximum Gasteiger partial charge on any atom is 0.376 e. The van der Waals surface area contributed by atoms with Gasteiger partial charge in [0.05, 0.1) is 32.4 Å². The summed E-state index contributed by atoms with van der Waals surface area (Å²) in [4.78, 5) is 22.7. The summed E-state index contributed by atoms with van der Waals surface area (Å²) in [6.45, 7) is 6.33. The van der Waals surface area contributed by atoms with Crippen LogP contribution in [0.15, 0.2) is 0 Å². The predicted molar refractivity (Wildman–Crippen MR) is 93.3 cm³/mol. The molecule has 144 valence electrons. The van der Waals surface area contributed by atoms with Gasteiger partial charge in [-0.3, -0.25) is 0 Å². The van der Waals surface area contributed by atoms with Gasteiger partial charge < -0.3 is 19.1 Å². The highest BCUT2D eigenvalue weighted by atomic mass is 32.2. The Kier molecular flexibility index (Phi) is 4.60. The van der Waals surface area contributed by atoms with Gasteiger partial charge in [0.25, 0.3) is 0 Å². The minimum Gasteiger partial charge on any atom is -0.486 e. The summed E-state index contributed by atoms with van der Waals surface area (Å²) in [5.41, 5.74) is 0.155. The van der Waals surface area contributed by atoms with E-state index in [0.29, 0.717) is 25.6 Å². The molecule has 1 aromatic heterocycles. The Morgan fingerprint density at radius 1 is 1.27 bits per heavy atom. The van der Waals surface area contributed by atoms with Crippen molar-refractivity contribution in [2.24, 2.45) is 0 Å². The van der Waals surface area contributed by atoms with E-state index in [1.807, 2.05) is 11.8 Å². The second kappa shape index (κ2) is 6.34. The fourth-order valence-corrected chi connectivity index (χ4v) is 3.59. The molecule has 10 heteroatoms. The van der Waals surface area contributed by atoms with Crippen LogP contribution in [0.5, 0.6) is 5.75 Å². The lowest BCUT2D eigenvalue weighted by Gasteiger charge is -2.45. The molecular formula is C16H23N3O6S. The third-order valence-corrected chi connectivity index (χ3v) is 6.96. The highest BCUT2D eigenvalue weighted by Crippen LogP contribution is 2.43. The maximum absolute atomic E-state index is 12.4. The first-order valence-corrected chi connectivity index (χ1v) is 10.2. The van der Waals surface area contributed by atoms with Gasteiger partial charge in [-0.1, -0.05) is 0 Å². The average Bonchev–Trinajstić information content (AvgIpc) is 2.58. The van der Waals surface area contributed by atoms with E-state index in [1.165, 1.54) is 21.0 Å². The Morgan fingerprint density at radius 2 is 1.96 bits per heavy atom. The smallest absolute Gasteiger partial charge is 0.376 e. The van der Waals surface area contributed by atoms with Crippen molar-refractivity contribution in [2.45, 2.75) is 37.6 Å². The van der Waals surface area contributed by atoms with Crippen molar-refractivity contribution in [3.8, 4) is 5.75 Å². The lowest BCUT2D eigenvalue weighted by Crippen LogP contribution is -2.56. The summed E-state index contributed by atoms with van der Waals surface area (Å²) in [6, 6.07) is -0.0770. The van der Waals surface area contributed by atoms with Crippen molar-refractivity contribution < 1.29 is 27.4 Å². The number of esters is 1. The van der Waals surface area contributed by atoms with Crippen LogP contribution < -0.4 is 9.64 Å². The van der Waals surface area contributed by atoms with Gasteiger partial charge >= 0.3 is 5.97 Å². The standard InChI is InChI=1S/C16H23N3O6S/c1-9-6-24-7-10-8-25-11-12(16(2,3)26(5,21)22)17-13(15(20)23-4)18-14(11)19(9)10/h9-10H,6-8H2,1-5H3/t9-,10?/m1/s1. The van der Waals surface area contributed by atoms with Crippen molar-refractivity contribution in [2.75, 3.05) is 38.1 Å². The number of ether oxygens (including phenoxy) is 3. The van der Waals surface area contributed by atoms with Crippen LogP contribution in [0.2, 0.25) is 0 Å². The number of aromatic nitrogens is 2. The molecule has 1 unspecified atom stereocenters. The Morgan fingerprint density at radius 3 is 2.58 bits per heavy atom. The zero-order valence-corrected chi connectivity index (χ0v) is 16.3. The van der Waals surface area contributed by atoms with Crippen LogP contribution in [0.1, 0.15) is 37.1 Å². The second-order valence-electron chi connectivity index (χ2n) is 7.08. The monoisotopic (exact) mass is 385 g/mol. The molecular weight excluding hydrogens is 362 g/mol. The van der Waals surface area contributed by atoms with Crippen LogP contribution in [0, 0.1) is 0 Å². The molecule has 3 heterocycles. The number of rotatable bonds is 3. The minimum absolute atomic E-state index is 0.00834. The maximum atomic E-state index is 12.4. The van der Waals surface area contributed by atoms with E-state index < -0.39 is 20.6 Å². The lowest BCUT2D eigenvalue weighted by atomic mass is 10.0. The van der Waals surface area contributed by atoms with Crippen molar-refractivity contribution >= 4 is 21.6 Å². The first-order chi connectivity index (χ1) is 12.1. The quantitative estimate of drug-likeness (QED) is 0.688. The molecule has 9 nitrogen and oxygen atoms in total. The molecule has 0 N–H and O–H groups in total. The van der Waals surface area contributed by atoms with E-state index in [-0.39, 0.29) is 29.4 Å². The number of carbonyl (C=O) groups is 1. The fraction of sp³-hybridized carbons (Fsp3) is 0.688. The molecule has 1 saturated heterocycles. The first-order valence-electron chi connectivity index (χ1n) is 8.27. The second-order valence-corrected chi connectivity index (χ2v) is 9.65. The predicted octanol–water partition coefficient (Wildman–Crippen LogP) is 0.529. The zero-order chi connectivity index (χ0) is 19.3. The Labute approximate surface area is 152 Å². The zero-order valence-electron chi connectivity index (χ0n) is 15.5. The summed E-state index contributed by atoms with van der Waals surface area (Å²) in [7, 11) is -2.32. The van der Waals surface area contributed by atoms with Crippen molar-refractivity contribution in [1.29, 1.82) is 0 Å². The van der Waals surface area contributed by atoms with Gasteiger partial charge in [0.2, 0.25) is 5.82 Å². The minimum atomic E-state index is -3.55. The highest BCUT2D eigenvalue weighted by molar-refractivity contribution is 7.91. The highest BCUT2D eigenvalue weighted by Gasteiger charge is 2.44. The molecule has 0 aromatic carbocycles. The molecule has 2 aliphatic heterocycles. The number of fused-ring (bicyclic) bond motifs is 3. The van der Waals surface area contributed by atoms with Gasteiger partial charge in [-0.2, -0.15) is 0 Å². The topological polar surface area (TPSA) is 108 Å². The molecule has 0 radical (unpaired) electrons. The molecule has 0 saturated carbocycles. The lowest BCUT2D eigenvalue weighted by molar-refractivity contribution is 0.0477. The summed E-state index contributed by atoms with van der Waals surface area (Å²) >= 11 is 0. The largest absolute Gasteiger partial charge is 0.486 e. The van der Waals surface area contributed by atoms with Crippen LogP contribution in [-0.4, -0.2) is 69.6 Å². The number of methoxy groups -OCH3 is 1. The summed E-state index contributed by atoms with van der Waals surface area (Å²) in [5, 5.41) is 0. The molecule has 3 rings (SSSR count). The Hall–Kier alpha value is -1.94. The fourth-order valence-electron chi connectivity index (χ4n) is 3.10. The van der Waals surface area contributed by atoms with Crippen LogP contribution in [-0.2, 0) is 24.1 Å². The van der Waals surface area contributed by atoms with E-state index in [9.17, 15) is 13.2 Å². The normalized spacial score (nSPS) is 22.9. The summed E-state index contributed by atoms with van der Waals surface area (Å²) in [5.74, 6) is -0.237. The van der Waals surface area contributed by atoms with Crippen molar-refractivity contribution in [3.05, 3.63) is 11.5 Å². The van der Waals surface area contributed by atoms with E-state index in [1.54, 1.807) is 0 Å². The number of hydrogen-bond donors (Lipinski definition) is 0. The van der Waals surface area contributed by atoms with Gasteiger partial charge in [0.15, 0.2) is 21.4 Å². The number of anilines is 1. The number of nitrogens with zero attached hydrogens (tertiary/aromatic N) is 3. The third kappa shape index (κ3) is 2.90. The average molecular weight is 385 g/mol. The first kappa shape index (κ1) is 18.8. The summed E-state index contributed by atoms with van der Waals surface area (Å²) < 4.78 is 39.5. The van der Waals surface area contributed by atoms with E-state index in [2.05, 4.69) is 9.97 Å². The molecule has 0 bridgehead atoms. The summed E-state index contributed by atoms with van der Waals surface area (Å²) in [6.07, 6.45) is 1.13. The van der Waals surface area contributed by atoms with Crippen molar-refractivity contribution in [1.82, 2.24) is 9.97 Å². The third-order valence-electron chi connectivity index (χ3n) is 4.92. The van der Waals surface area contributed by atoms with Crippen LogP contribution in [0.3, 0.4) is 0 Å². The van der Waals surface area contributed by atoms with E-state index in [4.69, 9.17) is 14.2 Å². The molecule has 0 spiro atoms. The molecule has 0 aliphatic carbocycles. The number of morpholine rings is 1. The van der Waals surface area contributed by atoms with E-state index in [0.717, 1.165) is 6.26 Å². The van der Waals surface area contributed by atoms with Gasteiger partial charge in [-0.25, -0.2) is 23.2 Å². The SMILES string of the molecule is COC(=O)c1nc2c(c(C(C)(C)S(C)(=O)=O)n1)OCC1COC[C@@H](C)N21. The van der Waals surface area contributed by atoms with Gasteiger partial charge in [-0.05, 0) is 20.8 Å². The number of hydrogen-bond acceptors (Lipinski definition) is 9. The van der Waals surface area contributed by atoms with Crippen molar-refractivity contribution in [3.63, 3.8) is 0 Å². The molecule has 1 aromatic rings. The number of sulfone groups is 1. The molecule has 26 heavy (non-hydrogen) atoms. The molecule has 0 amide bonds. The molecule has 1 fully saturated rings. The Bertz CT molecular complexity index is 839. The van der Waals surface area contributed by atoms with Gasteiger partial charge in [0.1, 0.15) is 17.0 Å². The van der Waals surface area contributed by atoms with Crippen LogP contribution in [0.4, 0.5) is 5.82 Å². The molecule has 2 aliphatic rings. The number of carbonyl (C=O) groups excluding carboxylic acids is 1. The molecule has 2 atom stereocenters. The van der Waals surface area contributed by atoms with Gasteiger partial charge in [0, 0.05) is 6.26 Å². The van der Waals surface area contributed by atoms with Gasteiger partial charge in [-0.15, -0.1) is 0 Å². The Balaban J connectivity index is 2.26.